The number of benzene rings is 1. The van der Waals surface area contributed by atoms with Crippen molar-refractivity contribution in [1.29, 1.82) is 5.41 Å². The monoisotopic (exact) mass is 456 g/mol. The number of hydrogen-bond donors (Lipinski definition) is 2. The van der Waals surface area contributed by atoms with Crippen molar-refractivity contribution >= 4 is 23.2 Å². The van der Waals surface area contributed by atoms with Crippen molar-refractivity contribution < 1.29 is 18.7 Å². The Labute approximate surface area is 192 Å². The summed E-state index contributed by atoms with van der Waals surface area (Å²) in [7, 11) is 1.73. The molecule has 3 N–H and O–H groups in total. The Morgan fingerprint density at radius 1 is 1.18 bits per heavy atom. The zero-order valence-corrected chi connectivity index (χ0v) is 18.7. The van der Waals surface area contributed by atoms with Crippen molar-refractivity contribution in [3.8, 4) is 0 Å². The van der Waals surface area contributed by atoms with Crippen LogP contribution in [0.15, 0.2) is 30.6 Å². The molecule has 1 aromatic heterocycles. The van der Waals surface area contributed by atoms with Crippen molar-refractivity contribution in [1.82, 2.24) is 9.97 Å². The molecule has 0 radical (unpaired) electrons. The molecule has 2 aromatic rings. The van der Waals surface area contributed by atoms with E-state index in [-0.39, 0.29) is 18.9 Å². The first-order valence-corrected chi connectivity index (χ1v) is 11.0. The van der Waals surface area contributed by atoms with Gasteiger partial charge in [0.2, 0.25) is 0 Å². The third-order valence-corrected chi connectivity index (χ3v) is 6.22. The number of nitrogens with zero attached hydrogens (tertiary/aromatic N) is 4. The first-order valence-electron chi connectivity index (χ1n) is 11.0. The van der Waals surface area contributed by atoms with Crippen LogP contribution in [-0.2, 0) is 20.9 Å². The van der Waals surface area contributed by atoms with Crippen LogP contribution in [0.3, 0.4) is 0 Å². The average molecular weight is 457 g/mol. The second-order valence-electron chi connectivity index (χ2n) is 8.41. The van der Waals surface area contributed by atoms with Gasteiger partial charge in [0.05, 0.1) is 29.9 Å². The Kier molecular flexibility index (Phi) is 7.02. The number of ether oxygens (including phenoxy) is 2. The minimum absolute atomic E-state index is 0.193. The molecule has 1 saturated carbocycles. The van der Waals surface area contributed by atoms with Crippen molar-refractivity contribution in [2.75, 3.05) is 43.1 Å². The van der Waals surface area contributed by atoms with Gasteiger partial charge in [-0.3, -0.25) is 10.2 Å². The van der Waals surface area contributed by atoms with Crippen LogP contribution in [0, 0.1) is 11.2 Å². The molecular weight excluding hydrogens is 427 g/mol. The number of aromatic nitrogens is 2. The lowest BCUT2D eigenvalue weighted by molar-refractivity contribution is -0.143. The first-order chi connectivity index (χ1) is 15.9. The SMILES string of the molecule is COC1CC(c2ncc(N3CCN(c4cccc(COC(=O)CC(=N)N)c4F)CC3)cn2)C1. The van der Waals surface area contributed by atoms with Crippen LogP contribution >= 0.6 is 0 Å². The van der Waals surface area contributed by atoms with Crippen molar-refractivity contribution in [2.45, 2.75) is 37.9 Å². The number of halogens is 1. The van der Waals surface area contributed by atoms with Gasteiger partial charge in [-0.15, -0.1) is 0 Å². The third-order valence-electron chi connectivity index (χ3n) is 6.22. The molecule has 1 aliphatic heterocycles. The standard InChI is InChI=1S/C23H29FN6O3/c1-32-18-9-16(10-18)23-27-12-17(13-28-23)29-5-7-30(8-6-29)19-4-2-3-15(22(19)24)14-33-21(31)11-20(25)26/h2-4,12-13,16,18H,5-11,14H2,1H3,(H3,25,26). The molecule has 0 atom stereocenters. The number of carbonyl (C=O) groups excluding carboxylic acids is 1. The van der Waals surface area contributed by atoms with Crippen molar-refractivity contribution in [2.24, 2.45) is 5.73 Å². The number of piperazine rings is 1. The van der Waals surface area contributed by atoms with Gasteiger partial charge in [-0.25, -0.2) is 14.4 Å². The molecule has 0 amide bonds. The van der Waals surface area contributed by atoms with E-state index in [1.54, 1.807) is 25.3 Å². The molecule has 10 heteroatoms. The molecule has 2 fully saturated rings. The number of methoxy groups -OCH3 is 1. The van der Waals surface area contributed by atoms with E-state index in [0.717, 1.165) is 37.4 Å². The zero-order valence-electron chi connectivity index (χ0n) is 18.7. The molecule has 0 bridgehead atoms. The Hall–Kier alpha value is -3.27. The number of carbonyl (C=O) groups is 1. The molecule has 9 nitrogen and oxygen atoms in total. The number of nitrogens with one attached hydrogen (secondary N) is 1. The van der Waals surface area contributed by atoms with Crippen LogP contribution in [0.2, 0.25) is 0 Å². The highest BCUT2D eigenvalue weighted by atomic mass is 19.1. The van der Waals surface area contributed by atoms with Gasteiger partial charge in [-0.05, 0) is 18.9 Å². The zero-order chi connectivity index (χ0) is 23.4. The molecule has 33 heavy (non-hydrogen) atoms. The first kappa shape index (κ1) is 22.9. The van der Waals surface area contributed by atoms with Crippen LogP contribution in [0.5, 0.6) is 0 Å². The van der Waals surface area contributed by atoms with Gasteiger partial charge in [-0.1, -0.05) is 12.1 Å². The molecule has 0 spiro atoms. The van der Waals surface area contributed by atoms with Gasteiger partial charge < -0.3 is 25.0 Å². The fourth-order valence-electron chi connectivity index (χ4n) is 4.17. The summed E-state index contributed by atoms with van der Waals surface area (Å²) in [6.07, 6.45) is 5.69. The highest BCUT2D eigenvalue weighted by Gasteiger charge is 2.32. The largest absolute Gasteiger partial charge is 0.460 e. The summed E-state index contributed by atoms with van der Waals surface area (Å²) < 4.78 is 25.4. The number of nitrogens with two attached hydrogens (primary N) is 1. The predicted octanol–water partition coefficient (Wildman–Crippen LogP) is 2.20. The highest BCUT2D eigenvalue weighted by molar-refractivity contribution is 5.94. The van der Waals surface area contributed by atoms with E-state index in [1.807, 2.05) is 17.3 Å². The maximum Gasteiger partial charge on any atom is 0.313 e. The summed E-state index contributed by atoms with van der Waals surface area (Å²) in [5.41, 5.74) is 6.94. The lowest BCUT2D eigenvalue weighted by Gasteiger charge is -2.37. The highest BCUT2D eigenvalue weighted by Crippen LogP contribution is 2.36. The van der Waals surface area contributed by atoms with Gasteiger partial charge in [0.25, 0.3) is 0 Å². The summed E-state index contributed by atoms with van der Waals surface area (Å²) >= 11 is 0. The van der Waals surface area contributed by atoms with E-state index in [1.165, 1.54) is 0 Å². The number of anilines is 2. The van der Waals surface area contributed by atoms with E-state index in [4.69, 9.17) is 20.6 Å². The van der Waals surface area contributed by atoms with Crippen LogP contribution in [0.25, 0.3) is 0 Å². The lowest BCUT2D eigenvalue weighted by atomic mass is 9.81. The Balaban J connectivity index is 1.32. The molecule has 2 heterocycles. The molecule has 1 aliphatic carbocycles. The van der Waals surface area contributed by atoms with E-state index >= 15 is 4.39 Å². The molecule has 1 aromatic carbocycles. The topological polar surface area (TPSA) is 118 Å². The number of rotatable bonds is 8. The summed E-state index contributed by atoms with van der Waals surface area (Å²) in [5.74, 6) is -0.0876. The van der Waals surface area contributed by atoms with E-state index in [2.05, 4.69) is 14.9 Å². The van der Waals surface area contributed by atoms with Gasteiger partial charge in [0, 0.05) is 44.8 Å². The molecule has 2 aliphatic rings. The van der Waals surface area contributed by atoms with E-state index < -0.39 is 11.8 Å². The van der Waals surface area contributed by atoms with Gasteiger partial charge in [-0.2, -0.15) is 0 Å². The summed E-state index contributed by atoms with van der Waals surface area (Å²) in [6.45, 7) is 2.53. The normalized spacial score (nSPS) is 20.3. The number of amidine groups is 1. The van der Waals surface area contributed by atoms with Gasteiger partial charge in [0.1, 0.15) is 24.7 Å². The maximum atomic E-state index is 15.1. The Bertz CT molecular complexity index is 988. The van der Waals surface area contributed by atoms with E-state index in [9.17, 15) is 4.79 Å². The average Bonchev–Trinajstić information content (AvgIpc) is 2.78. The van der Waals surface area contributed by atoms with Crippen molar-refractivity contribution in [3.63, 3.8) is 0 Å². The number of esters is 1. The molecular formula is C23H29FN6O3. The van der Waals surface area contributed by atoms with Gasteiger partial charge in [0.15, 0.2) is 5.82 Å². The molecule has 4 rings (SSSR count). The van der Waals surface area contributed by atoms with Crippen LogP contribution in [0.1, 0.15) is 36.6 Å². The summed E-state index contributed by atoms with van der Waals surface area (Å²) in [6, 6.07) is 5.07. The van der Waals surface area contributed by atoms with Crippen LogP contribution < -0.4 is 15.5 Å². The number of hydrogen-bond acceptors (Lipinski definition) is 8. The van der Waals surface area contributed by atoms with Crippen LogP contribution in [0.4, 0.5) is 15.8 Å². The van der Waals surface area contributed by atoms with Crippen molar-refractivity contribution in [3.05, 3.63) is 47.8 Å². The second kappa shape index (κ2) is 10.1. The van der Waals surface area contributed by atoms with Gasteiger partial charge >= 0.3 is 5.97 Å². The van der Waals surface area contributed by atoms with E-state index in [0.29, 0.717) is 36.4 Å². The minimum Gasteiger partial charge on any atom is -0.460 e. The third kappa shape index (κ3) is 5.39. The quantitative estimate of drug-likeness (QED) is 0.353. The fourth-order valence-corrected chi connectivity index (χ4v) is 4.17. The van der Waals surface area contributed by atoms with Crippen LogP contribution in [-0.4, -0.2) is 61.2 Å². The predicted molar refractivity (Wildman–Crippen MR) is 122 cm³/mol. The fraction of sp³-hybridized carbons (Fsp3) is 0.478. The summed E-state index contributed by atoms with van der Waals surface area (Å²) in [4.78, 5) is 24.9. The maximum absolute atomic E-state index is 15.1. The Morgan fingerprint density at radius 3 is 2.48 bits per heavy atom. The second-order valence-corrected chi connectivity index (χ2v) is 8.41. The molecule has 1 saturated heterocycles. The Morgan fingerprint density at radius 2 is 1.85 bits per heavy atom. The summed E-state index contributed by atoms with van der Waals surface area (Å²) in [5, 5.41) is 7.13. The minimum atomic E-state index is -0.648. The molecule has 176 valence electrons. The smallest absolute Gasteiger partial charge is 0.313 e. The lowest BCUT2D eigenvalue weighted by Crippen LogP contribution is -2.47. The molecule has 0 unspecified atom stereocenters.